The highest BCUT2D eigenvalue weighted by molar-refractivity contribution is 8.00. The van der Waals surface area contributed by atoms with E-state index in [2.05, 4.69) is 29.6 Å². The Morgan fingerprint density at radius 1 is 1.12 bits per heavy atom. The summed E-state index contributed by atoms with van der Waals surface area (Å²) in [5.74, 6) is -0.901. The Hall–Kier alpha value is -3.00. The number of nitrogens with one attached hydrogen (secondary N) is 1. The van der Waals surface area contributed by atoms with Crippen molar-refractivity contribution in [3.8, 4) is 11.1 Å². The van der Waals surface area contributed by atoms with Gasteiger partial charge in [-0.05, 0) is 35.6 Å². The summed E-state index contributed by atoms with van der Waals surface area (Å²) in [5, 5.41) is 12.1. The van der Waals surface area contributed by atoms with E-state index in [-0.39, 0.29) is 30.2 Å². The first-order valence-corrected chi connectivity index (χ1v) is 12.7. The van der Waals surface area contributed by atoms with Crippen LogP contribution in [-0.4, -0.2) is 57.8 Å². The molecule has 1 saturated heterocycles. The van der Waals surface area contributed by atoms with Crippen LogP contribution in [0.5, 0.6) is 0 Å². The number of rotatable bonds is 8. The summed E-state index contributed by atoms with van der Waals surface area (Å²) in [6, 6.07) is 14.9. The van der Waals surface area contributed by atoms with Crippen molar-refractivity contribution < 1.29 is 24.2 Å². The number of hydrogen-bond acceptors (Lipinski definition) is 5. The van der Waals surface area contributed by atoms with E-state index in [0.29, 0.717) is 5.75 Å². The van der Waals surface area contributed by atoms with Crippen molar-refractivity contribution in [1.82, 2.24) is 10.2 Å². The SMILES string of the molecule is CCCC1SCC(C(=O)O)N1C(=O)C[C@H](C)NC(=O)OCC1c2ccccc2-c2ccccc21. The Kier molecular flexibility index (Phi) is 7.46. The summed E-state index contributed by atoms with van der Waals surface area (Å²) in [6.45, 7) is 3.94. The number of carbonyl (C=O) groups is 3. The Morgan fingerprint density at radius 2 is 1.74 bits per heavy atom. The van der Waals surface area contributed by atoms with Gasteiger partial charge >= 0.3 is 12.1 Å². The van der Waals surface area contributed by atoms with Gasteiger partial charge in [0.25, 0.3) is 0 Å². The Labute approximate surface area is 203 Å². The molecule has 2 aromatic carbocycles. The molecule has 0 bridgehead atoms. The lowest BCUT2D eigenvalue weighted by atomic mass is 9.98. The second kappa shape index (κ2) is 10.5. The highest BCUT2D eigenvalue weighted by Gasteiger charge is 2.41. The van der Waals surface area contributed by atoms with Crippen LogP contribution in [0.4, 0.5) is 4.79 Å². The first kappa shape index (κ1) is 24.1. The lowest BCUT2D eigenvalue weighted by Crippen LogP contribution is -2.47. The topological polar surface area (TPSA) is 95.9 Å². The molecule has 0 spiro atoms. The number of carboxylic acid groups (broad SMARTS) is 1. The number of ether oxygens (including phenoxy) is 1. The van der Waals surface area contributed by atoms with Crippen molar-refractivity contribution in [3.05, 3.63) is 59.7 Å². The quantitative estimate of drug-likeness (QED) is 0.577. The van der Waals surface area contributed by atoms with E-state index in [4.69, 9.17) is 4.74 Å². The van der Waals surface area contributed by atoms with Crippen molar-refractivity contribution in [1.29, 1.82) is 0 Å². The van der Waals surface area contributed by atoms with Crippen molar-refractivity contribution >= 4 is 29.7 Å². The molecule has 180 valence electrons. The summed E-state index contributed by atoms with van der Waals surface area (Å²) < 4.78 is 5.56. The standard InChI is InChI=1S/C26H30N2O5S/c1-3-8-24-28(22(15-34-24)25(30)31)23(29)13-16(2)27-26(32)33-14-21-19-11-6-4-9-17(19)18-10-5-7-12-20(18)21/h4-7,9-12,16,21-22,24H,3,8,13-15H2,1-2H3,(H,27,32)(H,30,31)/t16-,22?,24?/m0/s1. The number of fused-ring (bicyclic) bond motifs is 3. The highest BCUT2D eigenvalue weighted by atomic mass is 32.2. The number of amides is 2. The van der Waals surface area contributed by atoms with Crippen molar-refractivity contribution in [2.75, 3.05) is 12.4 Å². The number of thioether (sulfide) groups is 1. The Balaban J connectivity index is 1.34. The van der Waals surface area contributed by atoms with Crippen LogP contribution >= 0.6 is 11.8 Å². The van der Waals surface area contributed by atoms with Crippen LogP contribution in [0.15, 0.2) is 48.5 Å². The van der Waals surface area contributed by atoms with Crippen LogP contribution in [0.1, 0.15) is 50.2 Å². The monoisotopic (exact) mass is 482 g/mol. The van der Waals surface area contributed by atoms with E-state index in [1.807, 2.05) is 31.2 Å². The van der Waals surface area contributed by atoms with Crippen LogP contribution in [0.2, 0.25) is 0 Å². The number of hydrogen-bond donors (Lipinski definition) is 2. The predicted molar refractivity (Wildman–Crippen MR) is 132 cm³/mol. The van der Waals surface area contributed by atoms with Gasteiger partial charge in [0.05, 0.1) is 5.37 Å². The number of carbonyl (C=O) groups excluding carboxylic acids is 2. The zero-order valence-corrected chi connectivity index (χ0v) is 20.2. The molecule has 0 radical (unpaired) electrons. The fraction of sp³-hybridized carbons (Fsp3) is 0.423. The van der Waals surface area contributed by atoms with Gasteiger partial charge in [0.1, 0.15) is 12.6 Å². The molecular formula is C26H30N2O5S. The molecule has 2 amide bonds. The summed E-state index contributed by atoms with van der Waals surface area (Å²) in [5.41, 5.74) is 4.58. The van der Waals surface area contributed by atoms with E-state index in [9.17, 15) is 19.5 Å². The molecule has 0 saturated carbocycles. The van der Waals surface area contributed by atoms with Gasteiger partial charge in [0.2, 0.25) is 5.91 Å². The largest absolute Gasteiger partial charge is 0.480 e. The van der Waals surface area contributed by atoms with Crippen LogP contribution < -0.4 is 5.32 Å². The molecule has 8 heteroatoms. The number of alkyl carbamates (subject to hydrolysis) is 1. The summed E-state index contributed by atoms with van der Waals surface area (Å²) in [7, 11) is 0. The van der Waals surface area contributed by atoms with Crippen molar-refractivity contribution in [2.24, 2.45) is 0 Å². The zero-order valence-electron chi connectivity index (χ0n) is 19.4. The van der Waals surface area contributed by atoms with E-state index in [1.165, 1.54) is 16.7 Å². The van der Waals surface area contributed by atoms with Crippen LogP contribution in [0.25, 0.3) is 11.1 Å². The lowest BCUT2D eigenvalue weighted by molar-refractivity contribution is -0.149. The molecule has 34 heavy (non-hydrogen) atoms. The molecular weight excluding hydrogens is 452 g/mol. The highest BCUT2D eigenvalue weighted by Crippen LogP contribution is 2.44. The van der Waals surface area contributed by atoms with E-state index in [1.54, 1.807) is 6.92 Å². The van der Waals surface area contributed by atoms with Crippen molar-refractivity contribution in [3.63, 3.8) is 0 Å². The number of benzene rings is 2. The minimum absolute atomic E-state index is 0.0226. The number of carboxylic acids is 1. The molecule has 1 fully saturated rings. The minimum atomic E-state index is -0.989. The summed E-state index contributed by atoms with van der Waals surface area (Å²) in [6.07, 6.45) is 1.04. The Morgan fingerprint density at radius 3 is 2.32 bits per heavy atom. The van der Waals surface area contributed by atoms with E-state index >= 15 is 0 Å². The molecule has 3 atom stereocenters. The summed E-state index contributed by atoms with van der Waals surface area (Å²) >= 11 is 1.50. The second-order valence-electron chi connectivity index (χ2n) is 8.81. The average Bonchev–Trinajstić information content (AvgIpc) is 3.37. The molecule has 1 aliphatic carbocycles. The normalized spacial score (nSPS) is 19.9. The van der Waals surface area contributed by atoms with Gasteiger partial charge in [-0.2, -0.15) is 0 Å². The lowest BCUT2D eigenvalue weighted by Gasteiger charge is -2.28. The smallest absolute Gasteiger partial charge is 0.407 e. The molecule has 0 aromatic heterocycles. The maximum Gasteiger partial charge on any atom is 0.407 e. The third kappa shape index (κ3) is 4.92. The van der Waals surface area contributed by atoms with Gasteiger partial charge in [-0.1, -0.05) is 61.9 Å². The Bertz CT molecular complexity index is 1030. The predicted octanol–water partition coefficient (Wildman–Crippen LogP) is 4.46. The number of nitrogens with zero attached hydrogens (tertiary/aromatic N) is 1. The maximum absolute atomic E-state index is 12.9. The number of aliphatic carboxylic acids is 1. The molecule has 2 aromatic rings. The molecule has 2 N–H and O–H groups in total. The second-order valence-corrected chi connectivity index (χ2v) is 10.0. The average molecular weight is 483 g/mol. The first-order chi connectivity index (χ1) is 16.4. The van der Waals surface area contributed by atoms with Gasteiger partial charge in [-0.25, -0.2) is 9.59 Å². The fourth-order valence-corrected chi connectivity index (χ4v) is 6.35. The fourth-order valence-electron chi connectivity index (χ4n) is 4.82. The molecule has 2 aliphatic rings. The van der Waals surface area contributed by atoms with Gasteiger partial charge < -0.3 is 20.1 Å². The maximum atomic E-state index is 12.9. The third-order valence-electron chi connectivity index (χ3n) is 6.39. The third-order valence-corrected chi connectivity index (χ3v) is 7.75. The van der Waals surface area contributed by atoms with Crippen LogP contribution in [0, 0.1) is 0 Å². The van der Waals surface area contributed by atoms with E-state index < -0.39 is 24.1 Å². The van der Waals surface area contributed by atoms with Gasteiger partial charge in [0.15, 0.2) is 0 Å². The zero-order chi connectivity index (χ0) is 24.2. The van der Waals surface area contributed by atoms with Gasteiger partial charge in [-0.3, -0.25) is 4.79 Å². The minimum Gasteiger partial charge on any atom is -0.480 e. The van der Waals surface area contributed by atoms with Crippen LogP contribution in [0.3, 0.4) is 0 Å². The van der Waals surface area contributed by atoms with Gasteiger partial charge in [-0.15, -0.1) is 11.8 Å². The van der Waals surface area contributed by atoms with E-state index in [0.717, 1.165) is 35.1 Å². The van der Waals surface area contributed by atoms with Crippen LogP contribution in [-0.2, 0) is 14.3 Å². The molecule has 2 unspecified atom stereocenters. The first-order valence-electron chi connectivity index (χ1n) is 11.7. The molecule has 4 rings (SSSR count). The van der Waals surface area contributed by atoms with Crippen molar-refractivity contribution in [2.45, 2.75) is 56.5 Å². The molecule has 1 aliphatic heterocycles. The molecule has 1 heterocycles. The summed E-state index contributed by atoms with van der Waals surface area (Å²) in [4.78, 5) is 38.6. The van der Waals surface area contributed by atoms with Gasteiger partial charge in [0, 0.05) is 24.1 Å². The molecule has 7 nitrogen and oxygen atoms in total.